The summed E-state index contributed by atoms with van der Waals surface area (Å²) in [6, 6.07) is 7.63. The Morgan fingerprint density at radius 3 is 2.74 bits per heavy atom. The van der Waals surface area contributed by atoms with Gasteiger partial charge in [0.15, 0.2) is 17.4 Å². The van der Waals surface area contributed by atoms with Gasteiger partial charge in [0.2, 0.25) is 0 Å². The van der Waals surface area contributed by atoms with Crippen LogP contribution in [-0.4, -0.2) is 34.2 Å². The Hall–Kier alpha value is -4.73. The molecule has 0 fully saturated rings. The predicted octanol–water partition coefficient (Wildman–Crippen LogP) is 6.22. The highest BCUT2D eigenvalue weighted by Gasteiger charge is 2.37. The minimum Gasteiger partial charge on any atom is -0.486 e. The third-order valence-corrected chi connectivity index (χ3v) is 8.65. The molecule has 6 rings (SSSR count). The van der Waals surface area contributed by atoms with E-state index in [1.807, 2.05) is 19.1 Å². The van der Waals surface area contributed by atoms with Gasteiger partial charge in [0.05, 0.1) is 33.8 Å². The summed E-state index contributed by atoms with van der Waals surface area (Å²) in [6.07, 6.45) is 3.08. The molecule has 0 aliphatic carbocycles. The minimum absolute atomic E-state index is 0.0238. The van der Waals surface area contributed by atoms with Crippen LogP contribution in [0.5, 0.6) is 11.8 Å². The molecule has 0 bridgehead atoms. The predicted molar refractivity (Wildman–Crippen MR) is 160 cm³/mol. The van der Waals surface area contributed by atoms with Gasteiger partial charge in [-0.2, -0.15) is 15.2 Å². The number of hydrogen-bond acceptors (Lipinski definition) is 10. The number of benzene rings is 2. The van der Waals surface area contributed by atoms with Crippen LogP contribution in [0.15, 0.2) is 43.2 Å². The normalized spacial score (nSPS) is 16.2. The highest BCUT2D eigenvalue weighted by molar-refractivity contribution is 7.23. The SMILES string of the molecule is C=CN1c2nc(OC)nc3c(F)c(-c4ccc(F)c5sc(N)c(C#N)c45)c(Cl)c(c23)OC(C)C1Cc1ccnc(N)c1. The molecule has 1 aliphatic rings. The number of pyridine rings is 1. The summed E-state index contributed by atoms with van der Waals surface area (Å²) in [5.41, 5.74) is 12.8. The van der Waals surface area contributed by atoms with Crippen LogP contribution in [0.3, 0.4) is 0 Å². The number of halogens is 3. The average molecular weight is 606 g/mol. The number of nitrogens with zero attached hydrogens (tertiary/aromatic N) is 5. The Bertz CT molecular complexity index is 1980. The van der Waals surface area contributed by atoms with E-state index in [1.54, 1.807) is 23.4 Å². The standard InChI is InChI=1S/C29H22ClF2N7O2S/c1-4-39-17(9-13-7-8-36-18(34)10-13)12(2)41-25-21-24(37-29(40-3)38-28(21)39)23(32)20(22(25)30)14-5-6-16(31)26-19(14)15(11-33)27(35)42-26/h4-8,10,12,17H,1,9,35H2,2-3H3,(H2,34,36). The van der Waals surface area contributed by atoms with Gasteiger partial charge < -0.3 is 25.8 Å². The van der Waals surface area contributed by atoms with E-state index in [2.05, 4.69) is 21.5 Å². The van der Waals surface area contributed by atoms with Crippen LogP contribution in [-0.2, 0) is 6.42 Å². The molecule has 2 aromatic carbocycles. The monoisotopic (exact) mass is 605 g/mol. The number of nitrogens with two attached hydrogens (primary N) is 2. The first-order valence-corrected chi connectivity index (χ1v) is 13.8. The lowest BCUT2D eigenvalue weighted by Gasteiger charge is -2.32. The number of nitriles is 1. The first kappa shape index (κ1) is 27.4. The molecule has 0 spiro atoms. The molecule has 1 aliphatic heterocycles. The molecular weight excluding hydrogens is 584 g/mol. The van der Waals surface area contributed by atoms with Gasteiger partial charge in [-0.05, 0) is 48.9 Å². The van der Waals surface area contributed by atoms with Crippen molar-refractivity contribution >= 4 is 60.6 Å². The fourth-order valence-corrected chi connectivity index (χ4v) is 6.64. The largest absolute Gasteiger partial charge is 0.486 e. The van der Waals surface area contributed by atoms with Crippen molar-refractivity contribution < 1.29 is 18.3 Å². The summed E-state index contributed by atoms with van der Waals surface area (Å²) < 4.78 is 43.5. The van der Waals surface area contributed by atoms with E-state index in [9.17, 15) is 9.65 Å². The van der Waals surface area contributed by atoms with Crippen molar-refractivity contribution in [1.82, 2.24) is 15.0 Å². The molecule has 2 atom stereocenters. The topological polar surface area (TPSA) is 136 Å². The van der Waals surface area contributed by atoms with Crippen molar-refractivity contribution in [3.8, 4) is 29.0 Å². The van der Waals surface area contributed by atoms with Crippen LogP contribution in [0.1, 0.15) is 18.1 Å². The third-order valence-electron chi connectivity index (χ3n) is 7.26. The molecule has 9 nitrogen and oxygen atoms in total. The van der Waals surface area contributed by atoms with Gasteiger partial charge in [0.25, 0.3) is 0 Å². The van der Waals surface area contributed by atoms with Crippen molar-refractivity contribution in [3.05, 3.63) is 71.0 Å². The maximum Gasteiger partial charge on any atom is 0.318 e. The number of rotatable bonds is 5. The van der Waals surface area contributed by atoms with Gasteiger partial charge in [-0.25, -0.2) is 13.8 Å². The Kier molecular flexibility index (Phi) is 6.71. The lowest BCUT2D eigenvalue weighted by molar-refractivity contribution is 0.193. The third kappa shape index (κ3) is 4.12. The van der Waals surface area contributed by atoms with E-state index in [0.717, 1.165) is 16.9 Å². The first-order valence-electron chi connectivity index (χ1n) is 12.6. The van der Waals surface area contributed by atoms with E-state index in [1.165, 1.54) is 19.2 Å². The molecule has 4 heterocycles. The van der Waals surface area contributed by atoms with Gasteiger partial charge in [-0.1, -0.05) is 24.2 Å². The molecule has 2 unspecified atom stereocenters. The molecule has 13 heteroatoms. The Labute approximate surface area is 247 Å². The minimum atomic E-state index is -0.831. The fraction of sp³-hybridized carbons (Fsp3) is 0.172. The molecule has 42 heavy (non-hydrogen) atoms. The highest BCUT2D eigenvalue weighted by atomic mass is 35.5. The Morgan fingerprint density at radius 1 is 1.26 bits per heavy atom. The van der Waals surface area contributed by atoms with Crippen LogP contribution in [0.4, 0.5) is 25.4 Å². The molecule has 0 amide bonds. The average Bonchev–Trinajstić information content (AvgIpc) is 3.26. The van der Waals surface area contributed by atoms with Crippen molar-refractivity contribution in [2.75, 3.05) is 23.5 Å². The van der Waals surface area contributed by atoms with Gasteiger partial charge in [-0.3, -0.25) is 0 Å². The number of nitrogen functional groups attached to an aromatic ring is 2. The summed E-state index contributed by atoms with van der Waals surface area (Å²) in [4.78, 5) is 14.7. The number of hydrogen-bond donors (Lipinski definition) is 2. The van der Waals surface area contributed by atoms with Gasteiger partial charge in [0.1, 0.15) is 34.3 Å². The summed E-state index contributed by atoms with van der Waals surface area (Å²) in [5, 5.41) is 10.2. The highest BCUT2D eigenvalue weighted by Crippen LogP contribution is 2.51. The first-order chi connectivity index (χ1) is 20.2. The van der Waals surface area contributed by atoms with Gasteiger partial charge in [-0.15, -0.1) is 11.3 Å². The van der Waals surface area contributed by atoms with Crippen molar-refractivity contribution in [2.24, 2.45) is 0 Å². The van der Waals surface area contributed by atoms with Crippen molar-refractivity contribution in [3.63, 3.8) is 0 Å². The molecule has 0 saturated carbocycles. The molecule has 5 aromatic rings. The summed E-state index contributed by atoms with van der Waals surface area (Å²) in [5.74, 6) is -0.675. The molecule has 0 radical (unpaired) electrons. The Morgan fingerprint density at radius 2 is 2.05 bits per heavy atom. The summed E-state index contributed by atoms with van der Waals surface area (Å²) >= 11 is 7.88. The smallest absolute Gasteiger partial charge is 0.318 e. The van der Waals surface area contributed by atoms with E-state index >= 15 is 4.39 Å². The summed E-state index contributed by atoms with van der Waals surface area (Å²) in [7, 11) is 1.37. The van der Waals surface area contributed by atoms with Gasteiger partial charge >= 0.3 is 6.01 Å². The van der Waals surface area contributed by atoms with Crippen LogP contribution in [0.2, 0.25) is 5.02 Å². The van der Waals surface area contributed by atoms with Crippen LogP contribution in [0, 0.1) is 23.0 Å². The van der Waals surface area contributed by atoms with Crippen molar-refractivity contribution in [2.45, 2.75) is 25.5 Å². The van der Waals surface area contributed by atoms with Crippen LogP contribution >= 0.6 is 22.9 Å². The number of fused-ring (bicyclic) bond motifs is 1. The molecule has 4 N–H and O–H groups in total. The number of anilines is 3. The molecular formula is C29H22ClF2N7O2S. The molecule has 0 saturated heterocycles. The maximum atomic E-state index is 16.7. The summed E-state index contributed by atoms with van der Waals surface area (Å²) in [6.45, 7) is 5.83. The van der Waals surface area contributed by atoms with E-state index < -0.39 is 23.8 Å². The number of ether oxygens (including phenoxy) is 2. The van der Waals surface area contributed by atoms with Crippen molar-refractivity contribution in [1.29, 1.82) is 5.26 Å². The zero-order valence-electron chi connectivity index (χ0n) is 22.3. The second kappa shape index (κ2) is 10.3. The second-order valence-electron chi connectivity index (χ2n) is 9.62. The van der Waals surface area contributed by atoms with Crippen LogP contribution in [0.25, 0.3) is 32.1 Å². The second-order valence-corrected chi connectivity index (χ2v) is 11.0. The quantitative estimate of drug-likeness (QED) is 0.239. The number of methoxy groups -OCH3 is 1. The zero-order valence-corrected chi connectivity index (χ0v) is 23.9. The number of thiophene rings is 1. The van der Waals surface area contributed by atoms with E-state index in [4.69, 9.17) is 32.5 Å². The lowest BCUT2D eigenvalue weighted by Crippen LogP contribution is -2.43. The fourth-order valence-electron chi connectivity index (χ4n) is 5.37. The van der Waals surface area contributed by atoms with E-state index in [-0.39, 0.29) is 65.3 Å². The molecule has 212 valence electrons. The van der Waals surface area contributed by atoms with E-state index in [0.29, 0.717) is 12.2 Å². The maximum absolute atomic E-state index is 16.7. The molecule has 3 aromatic heterocycles. The van der Waals surface area contributed by atoms with Crippen LogP contribution < -0.4 is 25.8 Å². The zero-order chi connectivity index (χ0) is 29.9. The lowest BCUT2D eigenvalue weighted by atomic mass is 9.96. The number of aromatic nitrogens is 3. The van der Waals surface area contributed by atoms with Gasteiger partial charge in [0, 0.05) is 17.1 Å². The Balaban J connectivity index is 1.66.